The number of nitrogens with zero attached hydrogens (tertiary/aromatic N) is 2. The van der Waals surface area contributed by atoms with Crippen LogP contribution in [-0.4, -0.2) is 23.3 Å². The first kappa shape index (κ1) is 13.2. The zero-order valence-corrected chi connectivity index (χ0v) is 12.8. The molecule has 0 aliphatic carbocycles. The van der Waals surface area contributed by atoms with Crippen LogP contribution in [0, 0.1) is 6.92 Å². The predicted molar refractivity (Wildman–Crippen MR) is 80.2 cm³/mol. The predicted octanol–water partition coefficient (Wildman–Crippen LogP) is 3.38. The third kappa shape index (κ3) is 2.31. The van der Waals surface area contributed by atoms with Gasteiger partial charge in [-0.05, 0) is 48.0 Å². The molecule has 2 aromatic rings. The van der Waals surface area contributed by atoms with Crippen LogP contribution in [0.25, 0.3) is 11.4 Å². The second-order valence-corrected chi connectivity index (χ2v) is 5.19. The van der Waals surface area contributed by atoms with Crippen LogP contribution in [0.4, 0.5) is 5.82 Å². The van der Waals surface area contributed by atoms with E-state index in [0.29, 0.717) is 5.82 Å². The normalized spacial score (nSPS) is 12.6. The van der Waals surface area contributed by atoms with E-state index in [1.165, 1.54) is 0 Å². The van der Waals surface area contributed by atoms with Crippen LogP contribution in [0.2, 0.25) is 0 Å². The van der Waals surface area contributed by atoms with Crippen LogP contribution in [-0.2, 0) is 0 Å². The third-order valence-corrected chi connectivity index (χ3v) is 3.94. The van der Waals surface area contributed by atoms with Gasteiger partial charge >= 0.3 is 0 Å². The largest absolute Gasteiger partial charge is 0.454 e. The second-order valence-electron chi connectivity index (χ2n) is 4.39. The summed E-state index contributed by atoms with van der Waals surface area (Å²) < 4.78 is 11.6. The Morgan fingerprint density at radius 1 is 1.25 bits per heavy atom. The van der Waals surface area contributed by atoms with Gasteiger partial charge in [-0.3, -0.25) is 0 Å². The molecule has 0 fully saturated rings. The third-order valence-electron chi connectivity index (χ3n) is 2.99. The molecule has 0 unspecified atom stereocenters. The fourth-order valence-corrected chi connectivity index (χ4v) is 2.33. The molecule has 0 radical (unpaired) electrons. The molecule has 1 aliphatic rings. The highest BCUT2D eigenvalue weighted by atomic mass is 79.9. The number of aryl methyl sites for hydroxylation is 1. The number of hydrogen-bond acceptors (Lipinski definition) is 5. The maximum Gasteiger partial charge on any atom is 0.231 e. The van der Waals surface area contributed by atoms with Crippen molar-refractivity contribution in [1.82, 2.24) is 9.97 Å². The monoisotopic (exact) mass is 335 g/mol. The summed E-state index contributed by atoms with van der Waals surface area (Å²) in [7, 11) is 0. The fourth-order valence-electron chi connectivity index (χ4n) is 2.01. The van der Waals surface area contributed by atoms with E-state index in [4.69, 9.17) is 9.47 Å². The summed E-state index contributed by atoms with van der Waals surface area (Å²) in [6, 6.07) is 5.72. The average molecular weight is 336 g/mol. The molecule has 2 heterocycles. The highest BCUT2D eigenvalue weighted by molar-refractivity contribution is 9.10. The van der Waals surface area contributed by atoms with Crippen LogP contribution in [0.15, 0.2) is 22.7 Å². The summed E-state index contributed by atoms with van der Waals surface area (Å²) in [5.74, 6) is 2.96. The lowest BCUT2D eigenvalue weighted by atomic mass is 10.2. The van der Waals surface area contributed by atoms with E-state index in [1.54, 1.807) is 0 Å². The molecule has 0 amide bonds. The molecule has 0 saturated carbocycles. The number of halogens is 1. The van der Waals surface area contributed by atoms with E-state index >= 15 is 0 Å². The molecule has 5 nitrogen and oxygen atoms in total. The minimum atomic E-state index is 0.266. The molecular weight excluding hydrogens is 322 g/mol. The van der Waals surface area contributed by atoms with Crippen molar-refractivity contribution in [1.29, 1.82) is 0 Å². The summed E-state index contributed by atoms with van der Waals surface area (Å²) in [5, 5.41) is 3.23. The number of aromatic nitrogens is 2. The van der Waals surface area contributed by atoms with Crippen molar-refractivity contribution in [2.45, 2.75) is 13.8 Å². The smallest absolute Gasteiger partial charge is 0.231 e. The SMILES string of the molecule is CCNc1nc(-c2ccc3c(c2)OCO3)nc(C)c1Br. The minimum Gasteiger partial charge on any atom is -0.454 e. The maximum absolute atomic E-state index is 5.39. The van der Waals surface area contributed by atoms with Gasteiger partial charge in [-0.15, -0.1) is 0 Å². The first-order valence-corrected chi connectivity index (χ1v) is 7.16. The zero-order valence-electron chi connectivity index (χ0n) is 11.2. The van der Waals surface area contributed by atoms with Crippen molar-refractivity contribution in [3.63, 3.8) is 0 Å². The van der Waals surface area contributed by atoms with E-state index in [9.17, 15) is 0 Å². The van der Waals surface area contributed by atoms with Gasteiger partial charge in [0, 0.05) is 12.1 Å². The Kier molecular flexibility index (Phi) is 3.48. The van der Waals surface area contributed by atoms with Gasteiger partial charge in [-0.25, -0.2) is 9.97 Å². The lowest BCUT2D eigenvalue weighted by Crippen LogP contribution is -2.04. The Bertz CT molecular complexity index is 661. The van der Waals surface area contributed by atoms with Crippen molar-refractivity contribution in [3.05, 3.63) is 28.4 Å². The molecule has 6 heteroatoms. The number of nitrogens with one attached hydrogen (secondary N) is 1. The summed E-state index contributed by atoms with van der Waals surface area (Å²) in [6.07, 6.45) is 0. The van der Waals surface area contributed by atoms with Gasteiger partial charge < -0.3 is 14.8 Å². The van der Waals surface area contributed by atoms with E-state index in [1.807, 2.05) is 32.0 Å². The summed E-state index contributed by atoms with van der Waals surface area (Å²) in [5.41, 5.74) is 1.80. The molecule has 3 rings (SSSR count). The number of benzene rings is 1. The number of rotatable bonds is 3. The first-order valence-electron chi connectivity index (χ1n) is 6.37. The van der Waals surface area contributed by atoms with Crippen LogP contribution < -0.4 is 14.8 Å². The van der Waals surface area contributed by atoms with E-state index < -0.39 is 0 Å². The number of fused-ring (bicyclic) bond motifs is 1. The molecule has 104 valence electrons. The number of ether oxygens (including phenoxy) is 2. The molecule has 0 saturated heterocycles. The quantitative estimate of drug-likeness (QED) is 0.931. The average Bonchev–Trinajstić information content (AvgIpc) is 2.91. The Balaban J connectivity index is 2.05. The van der Waals surface area contributed by atoms with Gasteiger partial charge in [0.25, 0.3) is 0 Å². The van der Waals surface area contributed by atoms with Gasteiger partial charge in [0.05, 0.1) is 10.2 Å². The summed E-state index contributed by atoms with van der Waals surface area (Å²) in [4.78, 5) is 9.07. The minimum absolute atomic E-state index is 0.266. The Morgan fingerprint density at radius 3 is 2.85 bits per heavy atom. The van der Waals surface area contributed by atoms with Crippen molar-refractivity contribution in [3.8, 4) is 22.9 Å². The molecule has 20 heavy (non-hydrogen) atoms. The number of anilines is 1. The van der Waals surface area contributed by atoms with Crippen LogP contribution in [0.5, 0.6) is 11.5 Å². The highest BCUT2D eigenvalue weighted by Gasteiger charge is 2.16. The maximum atomic E-state index is 5.39. The van der Waals surface area contributed by atoms with Crippen LogP contribution >= 0.6 is 15.9 Å². The van der Waals surface area contributed by atoms with Crippen molar-refractivity contribution in [2.75, 3.05) is 18.7 Å². The molecule has 1 N–H and O–H groups in total. The highest BCUT2D eigenvalue weighted by Crippen LogP contribution is 2.36. The van der Waals surface area contributed by atoms with Crippen LogP contribution in [0.1, 0.15) is 12.6 Å². The Hall–Kier alpha value is -1.82. The zero-order chi connectivity index (χ0) is 14.1. The second kappa shape index (κ2) is 5.28. The van der Waals surface area contributed by atoms with Crippen molar-refractivity contribution >= 4 is 21.7 Å². The van der Waals surface area contributed by atoms with Gasteiger partial charge in [-0.1, -0.05) is 0 Å². The summed E-state index contributed by atoms with van der Waals surface area (Å²) >= 11 is 3.51. The molecule has 1 aliphatic heterocycles. The molecule has 0 bridgehead atoms. The fraction of sp³-hybridized carbons (Fsp3) is 0.286. The van der Waals surface area contributed by atoms with E-state index in [0.717, 1.165) is 39.6 Å². The van der Waals surface area contributed by atoms with Gasteiger partial charge in [0.15, 0.2) is 17.3 Å². The van der Waals surface area contributed by atoms with E-state index in [2.05, 4.69) is 31.2 Å². The Morgan fingerprint density at radius 2 is 2.05 bits per heavy atom. The molecular formula is C14H14BrN3O2. The lowest BCUT2D eigenvalue weighted by Gasteiger charge is -2.10. The van der Waals surface area contributed by atoms with Crippen LogP contribution in [0.3, 0.4) is 0 Å². The van der Waals surface area contributed by atoms with Crippen molar-refractivity contribution < 1.29 is 9.47 Å². The topological polar surface area (TPSA) is 56.3 Å². The summed E-state index contributed by atoms with van der Waals surface area (Å²) in [6.45, 7) is 5.05. The molecule has 1 aromatic heterocycles. The molecule has 1 aromatic carbocycles. The van der Waals surface area contributed by atoms with Crippen molar-refractivity contribution in [2.24, 2.45) is 0 Å². The van der Waals surface area contributed by atoms with Gasteiger partial charge in [0.2, 0.25) is 6.79 Å². The number of hydrogen-bond donors (Lipinski definition) is 1. The van der Waals surface area contributed by atoms with Gasteiger partial charge in [0.1, 0.15) is 5.82 Å². The Labute approximate surface area is 125 Å². The lowest BCUT2D eigenvalue weighted by molar-refractivity contribution is 0.174. The first-order chi connectivity index (χ1) is 9.69. The standard InChI is InChI=1S/C14H14BrN3O2/c1-3-16-14-12(15)8(2)17-13(18-14)9-4-5-10-11(6-9)20-7-19-10/h4-6H,3,7H2,1-2H3,(H,16,17,18). The molecule has 0 atom stereocenters. The van der Waals surface area contributed by atoms with E-state index in [-0.39, 0.29) is 6.79 Å². The molecule has 0 spiro atoms. The van der Waals surface area contributed by atoms with Gasteiger partial charge in [-0.2, -0.15) is 0 Å².